The zero-order valence-electron chi connectivity index (χ0n) is 8.58. The summed E-state index contributed by atoms with van der Waals surface area (Å²) in [5, 5.41) is 2.18. The van der Waals surface area contributed by atoms with Crippen LogP contribution in [-0.2, 0) is 0 Å². The van der Waals surface area contributed by atoms with Crippen molar-refractivity contribution in [2.24, 2.45) is 0 Å². The van der Waals surface area contributed by atoms with E-state index in [0.717, 1.165) is 26.7 Å². The second-order valence-electron chi connectivity index (χ2n) is 3.17. The van der Waals surface area contributed by atoms with Crippen molar-refractivity contribution in [3.63, 3.8) is 0 Å². The second kappa shape index (κ2) is 4.11. The standard InChI is InChI=1S/C12H11BrO2/c1-14-11-5-3-4-8-6-12(15-2)10(13)7-9(8)11/h3-7H,1-2H3. The van der Waals surface area contributed by atoms with E-state index >= 15 is 0 Å². The molecule has 0 fully saturated rings. The minimum atomic E-state index is 0.829. The van der Waals surface area contributed by atoms with Gasteiger partial charge in [0.2, 0.25) is 0 Å². The number of rotatable bonds is 2. The van der Waals surface area contributed by atoms with Crippen LogP contribution in [0.3, 0.4) is 0 Å². The van der Waals surface area contributed by atoms with E-state index in [0.29, 0.717) is 0 Å². The Morgan fingerprint density at radius 2 is 1.73 bits per heavy atom. The average Bonchev–Trinajstić information content (AvgIpc) is 2.27. The fourth-order valence-corrected chi connectivity index (χ4v) is 2.09. The van der Waals surface area contributed by atoms with Crippen molar-refractivity contribution >= 4 is 26.7 Å². The van der Waals surface area contributed by atoms with Crippen LogP contribution >= 0.6 is 15.9 Å². The largest absolute Gasteiger partial charge is 0.496 e. The fourth-order valence-electron chi connectivity index (χ4n) is 1.58. The molecular formula is C12H11BrO2. The Bertz CT molecular complexity index is 494. The summed E-state index contributed by atoms with van der Waals surface area (Å²) in [6.07, 6.45) is 0. The molecular weight excluding hydrogens is 256 g/mol. The molecule has 2 aromatic carbocycles. The lowest BCUT2D eigenvalue weighted by Gasteiger charge is -2.08. The Morgan fingerprint density at radius 1 is 1.00 bits per heavy atom. The molecule has 0 heterocycles. The van der Waals surface area contributed by atoms with Crippen LogP contribution in [0, 0.1) is 0 Å². The van der Waals surface area contributed by atoms with Crippen LogP contribution in [0.2, 0.25) is 0 Å². The molecule has 0 saturated carbocycles. The number of ether oxygens (including phenoxy) is 2. The lowest BCUT2D eigenvalue weighted by atomic mass is 10.1. The number of methoxy groups -OCH3 is 2. The van der Waals surface area contributed by atoms with Gasteiger partial charge in [0.1, 0.15) is 11.5 Å². The van der Waals surface area contributed by atoms with Gasteiger partial charge in [0, 0.05) is 5.39 Å². The molecule has 0 N–H and O–H groups in total. The van der Waals surface area contributed by atoms with Crippen LogP contribution in [-0.4, -0.2) is 14.2 Å². The van der Waals surface area contributed by atoms with Crippen LogP contribution in [0.15, 0.2) is 34.8 Å². The smallest absolute Gasteiger partial charge is 0.133 e. The molecule has 0 aromatic heterocycles. The molecule has 0 aliphatic heterocycles. The zero-order chi connectivity index (χ0) is 10.8. The quantitative estimate of drug-likeness (QED) is 0.827. The first-order valence-corrected chi connectivity index (χ1v) is 5.36. The van der Waals surface area contributed by atoms with Crippen LogP contribution in [0.1, 0.15) is 0 Å². The molecule has 0 radical (unpaired) electrons. The van der Waals surface area contributed by atoms with Gasteiger partial charge in [-0.3, -0.25) is 0 Å². The molecule has 2 nitrogen and oxygen atoms in total. The van der Waals surface area contributed by atoms with Crippen LogP contribution in [0.5, 0.6) is 11.5 Å². The summed E-state index contributed by atoms with van der Waals surface area (Å²) < 4.78 is 11.5. The molecule has 0 aliphatic rings. The maximum Gasteiger partial charge on any atom is 0.133 e. The molecule has 0 aliphatic carbocycles. The Balaban J connectivity index is 2.74. The molecule has 0 atom stereocenters. The summed E-state index contributed by atoms with van der Waals surface area (Å²) in [6, 6.07) is 9.94. The topological polar surface area (TPSA) is 18.5 Å². The maximum absolute atomic E-state index is 5.29. The van der Waals surface area contributed by atoms with Gasteiger partial charge >= 0.3 is 0 Å². The average molecular weight is 267 g/mol. The molecule has 78 valence electrons. The van der Waals surface area contributed by atoms with Gasteiger partial charge < -0.3 is 9.47 Å². The number of fused-ring (bicyclic) bond motifs is 1. The Morgan fingerprint density at radius 3 is 2.40 bits per heavy atom. The first-order valence-electron chi connectivity index (χ1n) is 4.56. The van der Waals surface area contributed by atoms with E-state index in [1.54, 1.807) is 14.2 Å². The number of benzene rings is 2. The summed E-state index contributed by atoms with van der Waals surface area (Å²) in [5.41, 5.74) is 0. The van der Waals surface area contributed by atoms with E-state index in [-0.39, 0.29) is 0 Å². The third-order valence-corrected chi connectivity index (χ3v) is 2.95. The molecule has 0 bridgehead atoms. The van der Waals surface area contributed by atoms with Crippen LogP contribution < -0.4 is 9.47 Å². The molecule has 3 heteroatoms. The normalized spacial score (nSPS) is 10.3. The first-order chi connectivity index (χ1) is 7.26. The maximum atomic E-state index is 5.29. The van der Waals surface area contributed by atoms with Crippen molar-refractivity contribution in [3.8, 4) is 11.5 Å². The Hall–Kier alpha value is -1.22. The molecule has 2 rings (SSSR count). The van der Waals surface area contributed by atoms with E-state index in [9.17, 15) is 0 Å². The van der Waals surface area contributed by atoms with Crippen molar-refractivity contribution in [3.05, 3.63) is 34.8 Å². The predicted octanol–water partition coefficient (Wildman–Crippen LogP) is 3.62. The molecule has 15 heavy (non-hydrogen) atoms. The third kappa shape index (κ3) is 1.79. The van der Waals surface area contributed by atoms with Gasteiger partial charge in [-0.15, -0.1) is 0 Å². The number of hydrogen-bond donors (Lipinski definition) is 0. The van der Waals surface area contributed by atoms with Crippen molar-refractivity contribution in [1.82, 2.24) is 0 Å². The summed E-state index contributed by atoms with van der Waals surface area (Å²) in [5.74, 6) is 1.70. The van der Waals surface area contributed by atoms with E-state index < -0.39 is 0 Å². The van der Waals surface area contributed by atoms with Crippen LogP contribution in [0.4, 0.5) is 0 Å². The zero-order valence-corrected chi connectivity index (χ0v) is 10.2. The van der Waals surface area contributed by atoms with Gasteiger partial charge in [0.05, 0.1) is 18.7 Å². The lowest BCUT2D eigenvalue weighted by molar-refractivity contribution is 0.412. The minimum Gasteiger partial charge on any atom is -0.496 e. The first kappa shape index (κ1) is 10.3. The fraction of sp³-hybridized carbons (Fsp3) is 0.167. The molecule has 0 spiro atoms. The van der Waals surface area contributed by atoms with Crippen molar-refractivity contribution in [2.75, 3.05) is 14.2 Å². The van der Waals surface area contributed by atoms with Crippen molar-refractivity contribution in [1.29, 1.82) is 0 Å². The van der Waals surface area contributed by atoms with Gasteiger partial charge in [0.25, 0.3) is 0 Å². The van der Waals surface area contributed by atoms with E-state index in [1.807, 2.05) is 30.3 Å². The number of halogens is 1. The highest BCUT2D eigenvalue weighted by atomic mass is 79.9. The molecule has 0 unspecified atom stereocenters. The van der Waals surface area contributed by atoms with Crippen LogP contribution in [0.25, 0.3) is 10.8 Å². The highest BCUT2D eigenvalue weighted by molar-refractivity contribution is 9.10. The lowest BCUT2D eigenvalue weighted by Crippen LogP contribution is -1.88. The number of hydrogen-bond acceptors (Lipinski definition) is 2. The molecule has 2 aromatic rings. The van der Waals surface area contributed by atoms with Gasteiger partial charge in [0.15, 0.2) is 0 Å². The summed E-state index contributed by atoms with van der Waals surface area (Å²) in [6.45, 7) is 0. The monoisotopic (exact) mass is 266 g/mol. The SMILES string of the molecule is COc1cc2cccc(OC)c2cc1Br. The minimum absolute atomic E-state index is 0.829. The Kier molecular flexibility index (Phi) is 2.82. The van der Waals surface area contributed by atoms with Gasteiger partial charge in [-0.2, -0.15) is 0 Å². The van der Waals surface area contributed by atoms with E-state index in [4.69, 9.17) is 9.47 Å². The van der Waals surface area contributed by atoms with Gasteiger partial charge in [-0.05, 0) is 39.5 Å². The third-order valence-electron chi connectivity index (χ3n) is 2.33. The summed E-state index contributed by atoms with van der Waals surface area (Å²) in [4.78, 5) is 0. The van der Waals surface area contributed by atoms with Crippen molar-refractivity contribution < 1.29 is 9.47 Å². The summed E-state index contributed by atoms with van der Waals surface area (Å²) >= 11 is 3.46. The van der Waals surface area contributed by atoms with E-state index in [1.165, 1.54) is 0 Å². The molecule has 0 saturated heterocycles. The summed E-state index contributed by atoms with van der Waals surface area (Å²) in [7, 11) is 3.33. The van der Waals surface area contributed by atoms with E-state index in [2.05, 4.69) is 15.9 Å². The molecule has 0 amide bonds. The Labute approximate surface area is 96.9 Å². The predicted molar refractivity (Wildman–Crippen MR) is 64.8 cm³/mol. The highest BCUT2D eigenvalue weighted by Gasteiger charge is 2.06. The van der Waals surface area contributed by atoms with Gasteiger partial charge in [-0.25, -0.2) is 0 Å². The second-order valence-corrected chi connectivity index (χ2v) is 4.02. The van der Waals surface area contributed by atoms with Crippen molar-refractivity contribution in [2.45, 2.75) is 0 Å². The highest BCUT2D eigenvalue weighted by Crippen LogP contribution is 2.34. The van der Waals surface area contributed by atoms with Gasteiger partial charge in [-0.1, -0.05) is 12.1 Å².